The molecule has 1 aliphatic rings. The second kappa shape index (κ2) is 7.71. The van der Waals surface area contributed by atoms with E-state index in [1.807, 2.05) is 0 Å². The maximum absolute atomic E-state index is 5.67. The minimum Gasteiger partial charge on any atom is -0.381 e. The normalized spacial score (nSPS) is 17.0. The standard InChI is InChI=1S/C21H31N3O/c1-5-24-18(4)19(17(3)23-24)14-22-15-21(10-12-25-13-11-21)20-9-7-6-8-16(20)2/h6-9,22H,5,10-15H2,1-4H3. The van der Waals surface area contributed by atoms with Crippen LogP contribution in [0.3, 0.4) is 0 Å². The molecular formula is C21H31N3O. The Morgan fingerprint density at radius 1 is 1.16 bits per heavy atom. The van der Waals surface area contributed by atoms with E-state index in [2.05, 4.69) is 67.1 Å². The Bertz CT molecular complexity index is 714. The van der Waals surface area contributed by atoms with Gasteiger partial charge in [-0.15, -0.1) is 0 Å². The fraction of sp³-hybridized carbons (Fsp3) is 0.571. The van der Waals surface area contributed by atoms with Gasteiger partial charge in [-0.25, -0.2) is 0 Å². The van der Waals surface area contributed by atoms with Gasteiger partial charge in [0.25, 0.3) is 0 Å². The van der Waals surface area contributed by atoms with Crippen molar-refractivity contribution in [2.75, 3.05) is 19.8 Å². The molecule has 1 aromatic carbocycles. The Morgan fingerprint density at radius 2 is 1.88 bits per heavy atom. The lowest BCUT2D eigenvalue weighted by atomic mass is 9.72. The van der Waals surface area contributed by atoms with Crippen LogP contribution in [0.4, 0.5) is 0 Å². The summed E-state index contributed by atoms with van der Waals surface area (Å²) in [6.07, 6.45) is 2.16. The van der Waals surface area contributed by atoms with Gasteiger partial charge in [0.05, 0.1) is 5.69 Å². The quantitative estimate of drug-likeness (QED) is 0.871. The maximum atomic E-state index is 5.67. The fourth-order valence-electron chi connectivity index (χ4n) is 4.20. The van der Waals surface area contributed by atoms with Crippen LogP contribution in [-0.2, 0) is 23.2 Å². The van der Waals surface area contributed by atoms with Crippen molar-refractivity contribution in [1.29, 1.82) is 0 Å². The Hall–Kier alpha value is -1.65. The second-order valence-corrected chi connectivity index (χ2v) is 7.28. The average Bonchev–Trinajstić information content (AvgIpc) is 2.90. The minimum absolute atomic E-state index is 0.173. The van der Waals surface area contributed by atoms with Gasteiger partial charge < -0.3 is 10.1 Å². The molecular weight excluding hydrogens is 310 g/mol. The summed E-state index contributed by atoms with van der Waals surface area (Å²) < 4.78 is 7.76. The van der Waals surface area contributed by atoms with Gasteiger partial charge >= 0.3 is 0 Å². The maximum Gasteiger partial charge on any atom is 0.0641 e. The van der Waals surface area contributed by atoms with Gasteiger partial charge in [0, 0.05) is 49.5 Å². The highest BCUT2D eigenvalue weighted by Gasteiger charge is 2.35. The van der Waals surface area contributed by atoms with E-state index >= 15 is 0 Å². The number of hydrogen-bond donors (Lipinski definition) is 1. The lowest BCUT2D eigenvalue weighted by molar-refractivity contribution is 0.0495. The van der Waals surface area contributed by atoms with Crippen LogP contribution in [-0.4, -0.2) is 29.5 Å². The Labute approximate surface area is 151 Å². The van der Waals surface area contributed by atoms with Crippen LogP contribution in [0.15, 0.2) is 24.3 Å². The third kappa shape index (κ3) is 3.65. The zero-order valence-electron chi connectivity index (χ0n) is 16.1. The first-order valence-corrected chi connectivity index (χ1v) is 9.45. The number of nitrogens with one attached hydrogen (secondary N) is 1. The highest BCUT2D eigenvalue weighted by atomic mass is 16.5. The van der Waals surface area contributed by atoms with Crippen LogP contribution >= 0.6 is 0 Å². The number of nitrogens with zero attached hydrogens (tertiary/aromatic N) is 2. The molecule has 1 saturated heterocycles. The molecule has 2 heterocycles. The van der Waals surface area contributed by atoms with E-state index in [4.69, 9.17) is 4.74 Å². The van der Waals surface area contributed by atoms with Gasteiger partial charge in [-0.3, -0.25) is 4.68 Å². The van der Waals surface area contributed by atoms with Gasteiger partial charge in [-0.05, 0) is 51.7 Å². The molecule has 0 unspecified atom stereocenters. The van der Waals surface area contributed by atoms with E-state index < -0.39 is 0 Å². The molecule has 2 aromatic rings. The predicted molar refractivity (Wildman–Crippen MR) is 102 cm³/mol. The van der Waals surface area contributed by atoms with Gasteiger partial charge in [-0.1, -0.05) is 24.3 Å². The van der Waals surface area contributed by atoms with Crippen molar-refractivity contribution in [2.45, 2.75) is 59.0 Å². The molecule has 1 aromatic heterocycles. The molecule has 136 valence electrons. The number of aryl methyl sites for hydroxylation is 3. The van der Waals surface area contributed by atoms with Crippen molar-refractivity contribution < 1.29 is 4.74 Å². The van der Waals surface area contributed by atoms with Crippen LogP contribution in [0, 0.1) is 20.8 Å². The number of benzene rings is 1. The first-order valence-electron chi connectivity index (χ1n) is 9.45. The molecule has 1 N–H and O–H groups in total. The molecule has 0 saturated carbocycles. The van der Waals surface area contributed by atoms with E-state index in [9.17, 15) is 0 Å². The largest absolute Gasteiger partial charge is 0.381 e. The van der Waals surface area contributed by atoms with E-state index in [1.54, 1.807) is 0 Å². The van der Waals surface area contributed by atoms with Crippen molar-refractivity contribution in [3.05, 3.63) is 52.3 Å². The number of ether oxygens (including phenoxy) is 1. The summed E-state index contributed by atoms with van der Waals surface area (Å²) in [5.41, 5.74) is 6.80. The average molecular weight is 341 g/mol. The third-order valence-corrected chi connectivity index (χ3v) is 5.76. The van der Waals surface area contributed by atoms with E-state index in [1.165, 1.54) is 22.4 Å². The van der Waals surface area contributed by atoms with E-state index in [-0.39, 0.29) is 5.41 Å². The molecule has 0 spiro atoms. The van der Waals surface area contributed by atoms with Crippen molar-refractivity contribution in [1.82, 2.24) is 15.1 Å². The molecule has 0 radical (unpaired) electrons. The predicted octanol–water partition coefficient (Wildman–Crippen LogP) is 3.67. The first-order chi connectivity index (χ1) is 12.1. The van der Waals surface area contributed by atoms with Crippen LogP contribution < -0.4 is 5.32 Å². The zero-order chi connectivity index (χ0) is 17.9. The van der Waals surface area contributed by atoms with Crippen molar-refractivity contribution in [3.63, 3.8) is 0 Å². The van der Waals surface area contributed by atoms with E-state index in [0.717, 1.165) is 51.4 Å². The molecule has 4 nitrogen and oxygen atoms in total. The summed E-state index contributed by atoms with van der Waals surface area (Å²) in [7, 11) is 0. The molecule has 0 aliphatic carbocycles. The Kier molecular flexibility index (Phi) is 5.60. The molecule has 1 aliphatic heterocycles. The van der Waals surface area contributed by atoms with Gasteiger partial charge in [0.2, 0.25) is 0 Å². The summed E-state index contributed by atoms with van der Waals surface area (Å²) >= 11 is 0. The minimum atomic E-state index is 0.173. The van der Waals surface area contributed by atoms with Gasteiger partial charge in [0.15, 0.2) is 0 Å². The van der Waals surface area contributed by atoms with Crippen LogP contribution in [0.2, 0.25) is 0 Å². The molecule has 1 fully saturated rings. The topological polar surface area (TPSA) is 39.1 Å². The summed E-state index contributed by atoms with van der Waals surface area (Å²) in [5, 5.41) is 8.39. The second-order valence-electron chi connectivity index (χ2n) is 7.28. The molecule has 25 heavy (non-hydrogen) atoms. The fourth-order valence-corrected chi connectivity index (χ4v) is 4.20. The van der Waals surface area contributed by atoms with Crippen LogP contribution in [0.25, 0.3) is 0 Å². The van der Waals surface area contributed by atoms with Gasteiger partial charge in [-0.2, -0.15) is 5.10 Å². The van der Waals surface area contributed by atoms with Crippen molar-refractivity contribution >= 4 is 0 Å². The monoisotopic (exact) mass is 341 g/mol. The van der Waals surface area contributed by atoms with Crippen LogP contribution in [0.1, 0.15) is 47.8 Å². The smallest absolute Gasteiger partial charge is 0.0641 e. The van der Waals surface area contributed by atoms with Crippen molar-refractivity contribution in [3.8, 4) is 0 Å². The molecule has 0 amide bonds. The Balaban J connectivity index is 1.76. The third-order valence-electron chi connectivity index (χ3n) is 5.76. The van der Waals surface area contributed by atoms with Crippen LogP contribution in [0.5, 0.6) is 0 Å². The molecule has 0 bridgehead atoms. The summed E-state index contributed by atoms with van der Waals surface area (Å²) in [4.78, 5) is 0. The summed E-state index contributed by atoms with van der Waals surface area (Å²) in [6, 6.07) is 8.82. The zero-order valence-corrected chi connectivity index (χ0v) is 16.1. The van der Waals surface area contributed by atoms with Gasteiger partial charge in [0.1, 0.15) is 0 Å². The lowest BCUT2D eigenvalue weighted by Gasteiger charge is -2.39. The molecule has 0 atom stereocenters. The number of hydrogen-bond acceptors (Lipinski definition) is 3. The van der Waals surface area contributed by atoms with E-state index in [0.29, 0.717) is 0 Å². The number of rotatable bonds is 6. The summed E-state index contributed by atoms with van der Waals surface area (Å²) in [6.45, 7) is 13.1. The summed E-state index contributed by atoms with van der Waals surface area (Å²) in [5.74, 6) is 0. The van der Waals surface area contributed by atoms with Crippen molar-refractivity contribution in [2.24, 2.45) is 0 Å². The number of aromatic nitrogens is 2. The lowest BCUT2D eigenvalue weighted by Crippen LogP contribution is -2.43. The first kappa shape index (κ1) is 18.2. The molecule has 3 rings (SSSR count). The highest BCUT2D eigenvalue weighted by molar-refractivity contribution is 5.34. The highest BCUT2D eigenvalue weighted by Crippen LogP contribution is 2.36. The Morgan fingerprint density at radius 3 is 2.52 bits per heavy atom. The molecule has 4 heteroatoms. The SMILES string of the molecule is CCn1nc(C)c(CNCC2(c3ccccc3C)CCOCC2)c1C.